The second-order valence-corrected chi connectivity index (χ2v) is 7.24. The maximum absolute atomic E-state index is 4.86. The van der Waals surface area contributed by atoms with E-state index >= 15 is 0 Å². The average Bonchev–Trinajstić information content (AvgIpc) is 3.14. The van der Waals surface area contributed by atoms with E-state index in [9.17, 15) is 0 Å². The number of hydrogen-bond acceptors (Lipinski definition) is 5. The molecule has 2 fully saturated rings. The number of rotatable bonds is 2. The first-order valence-corrected chi connectivity index (χ1v) is 8.58. The summed E-state index contributed by atoms with van der Waals surface area (Å²) in [6.07, 6.45) is 7.51. The molecule has 2 unspecified atom stereocenters. The molecule has 2 aromatic rings. The monoisotopic (exact) mass is 291 g/mol. The van der Waals surface area contributed by atoms with Gasteiger partial charge in [0.15, 0.2) is 5.82 Å². The van der Waals surface area contributed by atoms with Crippen LogP contribution in [0.3, 0.4) is 0 Å². The number of aromatic nitrogens is 4. The van der Waals surface area contributed by atoms with Crippen LogP contribution in [0, 0.1) is 0 Å². The topological polar surface area (TPSA) is 55.1 Å². The molecule has 1 N–H and O–H groups in total. The van der Waals surface area contributed by atoms with Gasteiger partial charge in [-0.15, -0.1) is 10.2 Å². The summed E-state index contributed by atoms with van der Waals surface area (Å²) in [5.74, 6) is 2.27. The van der Waals surface area contributed by atoms with Crippen LogP contribution in [0.4, 0.5) is 0 Å². The number of nitrogens with zero attached hydrogens (tertiary/aromatic N) is 4. The highest BCUT2D eigenvalue weighted by Crippen LogP contribution is 2.35. The van der Waals surface area contributed by atoms with Crippen LogP contribution in [0.1, 0.15) is 68.1 Å². The van der Waals surface area contributed by atoms with E-state index in [-0.39, 0.29) is 0 Å². The Morgan fingerprint density at radius 1 is 1.15 bits per heavy atom. The highest BCUT2D eigenvalue weighted by molar-refractivity contribution is 7.16. The van der Waals surface area contributed by atoms with Gasteiger partial charge >= 0.3 is 0 Å². The number of hydrogen-bond donors (Lipinski definition) is 1. The fourth-order valence-electron chi connectivity index (χ4n) is 3.61. The van der Waals surface area contributed by atoms with Crippen LogP contribution in [0.5, 0.6) is 0 Å². The normalized spacial score (nSPS) is 28.4. The third-order valence-electron chi connectivity index (χ3n) is 4.72. The van der Waals surface area contributed by atoms with Crippen LogP contribution in [-0.2, 0) is 0 Å². The van der Waals surface area contributed by atoms with Crippen LogP contribution >= 0.6 is 11.3 Å². The first-order valence-electron chi connectivity index (χ1n) is 7.76. The Labute approximate surface area is 122 Å². The summed E-state index contributed by atoms with van der Waals surface area (Å²) in [5, 5.41) is 18.4. The Kier molecular flexibility index (Phi) is 3.22. The zero-order valence-corrected chi connectivity index (χ0v) is 12.7. The Morgan fingerprint density at radius 3 is 2.80 bits per heavy atom. The highest BCUT2D eigenvalue weighted by atomic mass is 32.1. The van der Waals surface area contributed by atoms with E-state index in [2.05, 4.69) is 22.4 Å². The summed E-state index contributed by atoms with van der Waals surface area (Å²) in [6, 6.07) is 0.595. The van der Waals surface area contributed by atoms with Gasteiger partial charge in [0.2, 0.25) is 4.96 Å². The van der Waals surface area contributed by atoms with E-state index in [1.165, 1.54) is 43.5 Å². The molecule has 0 amide bonds. The molecule has 0 bridgehead atoms. The van der Waals surface area contributed by atoms with E-state index < -0.39 is 0 Å². The molecule has 4 rings (SSSR count). The first kappa shape index (κ1) is 12.7. The second kappa shape index (κ2) is 5.07. The van der Waals surface area contributed by atoms with E-state index in [0.29, 0.717) is 17.9 Å². The summed E-state index contributed by atoms with van der Waals surface area (Å²) in [6.45, 7) is 3.36. The number of fused-ring (bicyclic) bond motifs is 1. The third kappa shape index (κ3) is 2.15. The molecule has 0 radical (unpaired) electrons. The summed E-state index contributed by atoms with van der Waals surface area (Å²) < 4.78 is 2.03. The van der Waals surface area contributed by atoms with Crippen molar-refractivity contribution in [3.05, 3.63) is 10.8 Å². The largest absolute Gasteiger partial charge is 0.314 e. The van der Waals surface area contributed by atoms with Crippen molar-refractivity contribution in [1.29, 1.82) is 0 Å². The lowest BCUT2D eigenvalue weighted by molar-refractivity contribution is 0.378. The summed E-state index contributed by atoms with van der Waals surface area (Å²) in [7, 11) is 0. The van der Waals surface area contributed by atoms with Gasteiger partial charge in [0, 0.05) is 17.9 Å². The predicted molar refractivity (Wildman–Crippen MR) is 79.3 cm³/mol. The molecular formula is C14H21N5S. The smallest absolute Gasteiger partial charge is 0.234 e. The summed E-state index contributed by atoms with van der Waals surface area (Å²) in [4.78, 5) is 0.980. The molecule has 0 aromatic carbocycles. The molecule has 0 spiro atoms. The lowest BCUT2D eigenvalue weighted by atomic mass is 9.94. The minimum atomic E-state index is 0.576. The number of piperidine rings is 1. The van der Waals surface area contributed by atoms with Gasteiger partial charge in [-0.05, 0) is 39.2 Å². The van der Waals surface area contributed by atoms with Gasteiger partial charge in [-0.3, -0.25) is 0 Å². The molecule has 1 saturated heterocycles. The van der Waals surface area contributed by atoms with Crippen LogP contribution < -0.4 is 5.32 Å². The van der Waals surface area contributed by atoms with Crippen molar-refractivity contribution in [2.45, 2.75) is 63.3 Å². The highest BCUT2D eigenvalue weighted by Gasteiger charge is 2.27. The van der Waals surface area contributed by atoms with Crippen molar-refractivity contribution in [1.82, 2.24) is 25.1 Å². The predicted octanol–water partition coefficient (Wildman–Crippen LogP) is 2.70. The quantitative estimate of drug-likeness (QED) is 0.924. The van der Waals surface area contributed by atoms with Gasteiger partial charge in [0.1, 0.15) is 5.01 Å². The third-order valence-corrected chi connectivity index (χ3v) is 5.79. The summed E-state index contributed by atoms with van der Waals surface area (Å²) in [5.41, 5.74) is 0. The van der Waals surface area contributed by atoms with E-state index in [1.54, 1.807) is 11.3 Å². The summed E-state index contributed by atoms with van der Waals surface area (Å²) >= 11 is 1.74. The van der Waals surface area contributed by atoms with E-state index in [4.69, 9.17) is 5.10 Å². The Hall–Kier alpha value is -1.01. The molecular weight excluding hydrogens is 270 g/mol. The van der Waals surface area contributed by atoms with Crippen LogP contribution in [0.2, 0.25) is 0 Å². The first-order chi connectivity index (χ1) is 9.81. The second-order valence-electron chi connectivity index (χ2n) is 6.25. The zero-order chi connectivity index (χ0) is 13.5. The molecule has 1 aliphatic heterocycles. The molecule has 2 aromatic heterocycles. The van der Waals surface area contributed by atoms with E-state index in [0.717, 1.165) is 17.3 Å². The number of nitrogens with one attached hydrogen (secondary N) is 1. The van der Waals surface area contributed by atoms with Crippen molar-refractivity contribution in [3.63, 3.8) is 0 Å². The molecule has 1 saturated carbocycles. The molecule has 2 atom stereocenters. The minimum absolute atomic E-state index is 0.576. The average molecular weight is 291 g/mol. The van der Waals surface area contributed by atoms with Crippen molar-refractivity contribution >= 4 is 16.3 Å². The van der Waals surface area contributed by atoms with Crippen LogP contribution in [-0.4, -0.2) is 32.4 Å². The molecule has 5 nitrogen and oxygen atoms in total. The zero-order valence-electron chi connectivity index (χ0n) is 11.9. The van der Waals surface area contributed by atoms with Crippen molar-refractivity contribution in [2.24, 2.45) is 0 Å². The van der Waals surface area contributed by atoms with Crippen molar-refractivity contribution < 1.29 is 0 Å². The van der Waals surface area contributed by atoms with Gasteiger partial charge in [-0.2, -0.15) is 9.61 Å². The Balaban J connectivity index is 1.65. The van der Waals surface area contributed by atoms with Gasteiger partial charge in [0.05, 0.1) is 0 Å². The Bertz CT molecular complexity index is 598. The van der Waals surface area contributed by atoms with Crippen LogP contribution in [0.15, 0.2) is 0 Å². The maximum atomic E-state index is 4.86. The molecule has 3 heterocycles. The molecule has 108 valence electrons. The fourth-order valence-corrected chi connectivity index (χ4v) is 4.60. The fraction of sp³-hybridized carbons (Fsp3) is 0.786. The molecule has 2 aliphatic rings. The standard InChI is InChI=1S/C14H21N5S/c1-9-8-11(6-7-15-9)13-18-19-12(10-4-2-3-5-10)16-17-14(19)20-13/h9-11,15H,2-8H2,1H3. The van der Waals surface area contributed by atoms with Gasteiger partial charge in [-0.1, -0.05) is 24.2 Å². The van der Waals surface area contributed by atoms with Gasteiger partial charge < -0.3 is 5.32 Å². The Morgan fingerprint density at radius 2 is 2.00 bits per heavy atom. The molecule has 20 heavy (non-hydrogen) atoms. The van der Waals surface area contributed by atoms with Crippen molar-refractivity contribution in [2.75, 3.05) is 6.54 Å². The SMILES string of the molecule is CC1CC(c2nn3c(C4CCCC4)nnc3s2)CCN1. The van der Waals surface area contributed by atoms with E-state index in [1.807, 2.05) is 4.52 Å². The molecule has 1 aliphatic carbocycles. The van der Waals surface area contributed by atoms with Gasteiger partial charge in [0.25, 0.3) is 0 Å². The lowest BCUT2D eigenvalue weighted by Gasteiger charge is -2.26. The maximum Gasteiger partial charge on any atom is 0.234 e. The van der Waals surface area contributed by atoms with Gasteiger partial charge in [-0.25, -0.2) is 0 Å². The van der Waals surface area contributed by atoms with Crippen LogP contribution in [0.25, 0.3) is 4.96 Å². The minimum Gasteiger partial charge on any atom is -0.314 e. The lowest BCUT2D eigenvalue weighted by Crippen LogP contribution is -2.34. The molecule has 6 heteroatoms. The van der Waals surface area contributed by atoms with Crippen molar-refractivity contribution in [3.8, 4) is 0 Å².